The molecular weight excluding hydrogens is 1110 g/mol. The van der Waals surface area contributed by atoms with Gasteiger partial charge in [-0.05, 0) is 132 Å². The van der Waals surface area contributed by atoms with Crippen LogP contribution in [0.1, 0.15) is 171 Å². The van der Waals surface area contributed by atoms with Crippen molar-refractivity contribution in [2.24, 2.45) is 10.8 Å². The Labute approximate surface area is 502 Å². The Morgan fingerprint density at radius 1 is 1.01 bits per heavy atom. The highest BCUT2D eigenvalue weighted by Gasteiger charge is 2.50. The highest BCUT2D eigenvalue weighted by atomic mass is 32.1. The van der Waals surface area contributed by atoms with Crippen LogP contribution in [0.5, 0.6) is 5.88 Å². The molecule has 6 aliphatic rings. The number of aliphatic hydroxyl groups excluding tert-OH is 1. The van der Waals surface area contributed by atoms with Crippen LogP contribution in [0.2, 0.25) is 0 Å². The summed E-state index contributed by atoms with van der Waals surface area (Å²) in [6, 6.07) is 12.1. The predicted octanol–water partition coefficient (Wildman–Crippen LogP) is 8.52. The average molecular weight is 1190 g/mol. The first-order valence-corrected chi connectivity index (χ1v) is 31.8. The van der Waals surface area contributed by atoms with Crippen molar-refractivity contribution in [1.82, 2.24) is 64.9 Å². The van der Waals surface area contributed by atoms with Crippen molar-refractivity contribution in [1.29, 1.82) is 5.26 Å². The van der Waals surface area contributed by atoms with Gasteiger partial charge < -0.3 is 40.1 Å². The van der Waals surface area contributed by atoms with Gasteiger partial charge in [0.15, 0.2) is 28.8 Å². The standard InChI is InChI=1S/C62H73N15O6S2/c1-36(38-12-14-40(15-13-38)52-37(2)65-35-84-52)66-57(79)46-28-41(78)31-75(46)59(81)53(60(3,4)5)77-32-45(69-72-77)39-16-25-73(26-17-39)33-61(21-22-61)34-82-49-29-48(76-27-18-44(70-76)58(80)74-23-6-7-24-74)67-56(68-49)51-42-10-8-19-62(54(42)83-71-51)20-9-11-47-50(62)43(30-63)55(64)85-47/h12-15,18,27,29,32,35-36,39,41,46,53,78H,6-11,16-17,19-26,28,31,33-34,64H2,1-5H3,(H,66,79)/t36-,41+,46-,53+,62-/m0/s1. The van der Waals surface area contributed by atoms with E-state index in [4.69, 9.17) is 35.2 Å². The number of likely N-dealkylation sites (tertiary alicyclic amines) is 3. The summed E-state index contributed by atoms with van der Waals surface area (Å²) in [5, 5.41) is 43.7. The third kappa shape index (κ3) is 10.8. The maximum Gasteiger partial charge on any atom is 0.274 e. The highest BCUT2D eigenvalue weighted by molar-refractivity contribution is 7.16. The van der Waals surface area contributed by atoms with Crippen LogP contribution in [-0.2, 0) is 27.8 Å². The topological polar surface area (TPSA) is 265 Å². The van der Waals surface area contributed by atoms with Gasteiger partial charge in [-0.1, -0.05) is 55.4 Å². The van der Waals surface area contributed by atoms with Gasteiger partial charge in [-0.25, -0.2) is 19.3 Å². The molecule has 0 radical (unpaired) electrons. The number of thiophene rings is 1. The summed E-state index contributed by atoms with van der Waals surface area (Å²) in [5.41, 5.74) is 14.3. The zero-order valence-electron chi connectivity index (χ0n) is 48.9. The van der Waals surface area contributed by atoms with Crippen molar-refractivity contribution < 1.29 is 28.8 Å². The van der Waals surface area contributed by atoms with E-state index in [1.54, 1.807) is 39.0 Å². The third-order valence-corrected chi connectivity index (χ3v) is 20.8. The number of hydrogen-bond acceptors (Lipinski definition) is 18. The molecule has 3 saturated heterocycles. The van der Waals surface area contributed by atoms with Gasteiger partial charge in [0.05, 0.1) is 51.5 Å². The number of nitriles is 1. The van der Waals surface area contributed by atoms with Gasteiger partial charge in [0, 0.05) is 72.8 Å². The van der Waals surface area contributed by atoms with Gasteiger partial charge in [-0.2, -0.15) is 15.3 Å². The summed E-state index contributed by atoms with van der Waals surface area (Å²) in [5.74, 6) is 1.37. The molecule has 0 bridgehead atoms. The molecule has 7 aromatic rings. The molecule has 4 N–H and O–H groups in total. The lowest BCUT2D eigenvalue weighted by Crippen LogP contribution is -2.50. The maximum atomic E-state index is 14.8. The van der Waals surface area contributed by atoms with E-state index in [2.05, 4.69) is 31.6 Å². The number of hydrogen-bond donors (Lipinski definition) is 3. The van der Waals surface area contributed by atoms with Gasteiger partial charge in [-0.3, -0.25) is 14.4 Å². The molecule has 3 aliphatic heterocycles. The number of piperidine rings is 1. The first-order valence-electron chi connectivity index (χ1n) is 30.1. The van der Waals surface area contributed by atoms with Crippen molar-refractivity contribution in [3.63, 3.8) is 0 Å². The monoisotopic (exact) mass is 1190 g/mol. The molecule has 1 aromatic carbocycles. The van der Waals surface area contributed by atoms with Crippen LogP contribution >= 0.6 is 22.7 Å². The number of aryl methyl sites for hydroxylation is 2. The van der Waals surface area contributed by atoms with Crippen molar-refractivity contribution in [3.05, 3.63) is 104 Å². The van der Waals surface area contributed by atoms with Gasteiger partial charge in [0.1, 0.15) is 23.2 Å². The molecule has 85 heavy (non-hydrogen) atoms. The second kappa shape index (κ2) is 22.5. The number of β-amino-alcohol motifs (C(OH)–C–C–N with tert-alkyl or cyclic N) is 1. The molecule has 5 atom stereocenters. The lowest BCUT2D eigenvalue weighted by atomic mass is 9.63. The van der Waals surface area contributed by atoms with Crippen LogP contribution in [-0.4, -0.2) is 140 Å². The van der Waals surface area contributed by atoms with Crippen molar-refractivity contribution >= 4 is 45.4 Å². The summed E-state index contributed by atoms with van der Waals surface area (Å²) in [6.07, 6.45) is 13.7. The number of aliphatic hydroxyl groups is 1. The molecule has 23 heteroatoms. The largest absolute Gasteiger partial charge is 0.477 e. The number of ether oxygens (including phenoxy) is 1. The Kier molecular flexibility index (Phi) is 15.0. The Balaban J connectivity index is 0.677. The number of fused-ring (bicyclic) bond motifs is 4. The third-order valence-electron chi connectivity index (χ3n) is 18.7. The lowest BCUT2D eigenvalue weighted by Gasteiger charge is -2.39. The van der Waals surface area contributed by atoms with Crippen molar-refractivity contribution in [2.75, 3.05) is 51.6 Å². The number of nitrogens with one attached hydrogen (secondary N) is 1. The van der Waals surface area contributed by atoms with Crippen LogP contribution in [0.25, 0.3) is 27.8 Å². The Morgan fingerprint density at radius 2 is 1.78 bits per heavy atom. The van der Waals surface area contributed by atoms with E-state index in [1.807, 2.05) is 75.5 Å². The number of aromatic nitrogens is 9. The van der Waals surface area contributed by atoms with E-state index in [-0.39, 0.29) is 48.1 Å². The van der Waals surface area contributed by atoms with E-state index in [0.29, 0.717) is 65.6 Å². The first-order chi connectivity index (χ1) is 41.0. The number of nitrogens with zero attached hydrogens (tertiary/aromatic N) is 13. The fraction of sp³-hybridized carbons (Fsp3) is 0.532. The molecule has 1 spiro atoms. The predicted molar refractivity (Wildman–Crippen MR) is 319 cm³/mol. The van der Waals surface area contributed by atoms with Crippen LogP contribution < -0.4 is 15.8 Å². The fourth-order valence-electron chi connectivity index (χ4n) is 14.0. The Bertz CT molecular complexity index is 3700. The van der Waals surface area contributed by atoms with Gasteiger partial charge in [-0.15, -0.1) is 27.8 Å². The fourth-order valence-corrected chi connectivity index (χ4v) is 16.0. The van der Waals surface area contributed by atoms with Crippen molar-refractivity contribution in [3.8, 4) is 39.7 Å². The highest BCUT2D eigenvalue weighted by Crippen LogP contribution is 2.55. The Hall–Kier alpha value is -7.39. The zero-order chi connectivity index (χ0) is 58.9. The quantitative estimate of drug-likeness (QED) is 0.0868. The summed E-state index contributed by atoms with van der Waals surface area (Å²) < 4.78 is 16.4. The minimum absolute atomic E-state index is 0.0495. The number of rotatable bonds is 15. The number of benzene rings is 1. The average Bonchev–Trinajstić information content (AvgIpc) is 1.89. The molecule has 6 aromatic heterocycles. The number of carbonyl (C=O) groups is 3. The van der Waals surface area contributed by atoms with E-state index >= 15 is 0 Å². The maximum absolute atomic E-state index is 14.8. The molecule has 3 aliphatic carbocycles. The molecule has 9 heterocycles. The van der Waals surface area contributed by atoms with Crippen LogP contribution in [0.3, 0.4) is 0 Å². The normalized spacial score (nSPS) is 22.0. The first kappa shape index (κ1) is 56.7. The number of carbonyl (C=O) groups excluding carboxylic acids is 3. The number of amides is 3. The number of nitrogens with two attached hydrogens (primary N) is 1. The van der Waals surface area contributed by atoms with Crippen LogP contribution in [0.4, 0.5) is 5.00 Å². The van der Waals surface area contributed by atoms with E-state index in [0.717, 1.165) is 139 Å². The molecule has 21 nitrogen and oxygen atoms in total. The smallest absolute Gasteiger partial charge is 0.274 e. The van der Waals surface area contributed by atoms with E-state index in [9.17, 15) is 24.8 Å². The van der Waals surface area contributed by atoms with Gasteiger partial charge >= 0.3 is 0 Å². The zero-order valence-corrected chi connectivity index (χ0v) is 50.6. The summed E-state index contributed by atoms with van der Waals surface area (Å²) in [4.78, 5) is 64.8. The summed E-state index contributed by atoms with van der Waals surface area (Å²) >= 11 is 3.10. The summed E-state index contributed by atoms with van der Waals surface area (Å²) in [7, 11) is 0. The minimum atomic E-state index is -0.845. The number of anilines is 1. The molecule has 13 rings (SSSR count). The van der Waals surface area contributed by atoms with Crippen LogP contribution in [0.15, 0.2) is 58.8 Å². The molecule has 4 fully saturated rings. The van der Waals surface area contributed by atoms with Gasteiger partial charge in [0.2, 0.25) is 17.7 Å². The molecule has 444 valence electrons. The second-order valence-corrected chi connectivity index (χ2v) is 27.6. The lowest BCUT2D eigenvalue weighted by molar-refractivity contribution is -0.144. The number of nitrogen functional groups attached to an aromatic ring is 1. The molecule has 3 amide bonds. The van der Waals surface area contributed by atoms with Gasteiger partial charge in [0.25, 0.3) is 5.91 Å². The molecular formula is C62H73N15O6S2. The molecule has 1 saturated carbocycles. The Morgan fingerprint density at radius 3 is 2.49 bits per heavy atom. The number of thiazole rings is 1. The van der Waals surface area contributed by atoms with Crippen LogP contribution in [0, 0.1) is 29.1 Å². The van der Waals surface area contributed by atoms with E-state index in [1.165, 1.54) is 16.2 Å². The summed E-state index contributed by atoms with van der Waals surface area (Å²) in [6.45, 7) is 14.4. The minimum Gasteiger partial charge on any atom is -0.477 e. The second-order valence-electron chi connectivity index (χ2n) is 25.7. The van der Waals surface area contributed by atoms with E-state index < -0.39 is 29.0 Å². The van der Waals surface area contributed by atoms with Crippen molar-refractivity contribution in [2.45, 2.75) is 154 Å². The SMILES string of the molecule is Cc1ncsc1-c1ccc([C@H](C)NC(=O)[C@@H]2C[C@@H](O)CN2C(=O)[C@@H](n2cc(C3CCN(CC4(COc5cc(-n6ccc(C(=O)N7CCCC7)n6)nc(-c6noc7c6CCC[C@@]76CCCc7sc(N)c(C#N)c76)n5)CC4)CC3)nn2)C(C)(C)C)cc1. The molecule has 0 unspecified atom stereocenters.